The Balaban J connectivity index is 1.85. The zero-order valence-corrected chi connectivity index (χ0v) is 12.2. The predicted octanol–water partition coefficient (Wildman–Crippen LogP) is 2.84. The van der Waals surface area contributed by atoms with E-state index in [1.165, 1.54) is 11.1 Å². The summed E-state index contributed by atoms with van der Waals surface area (Å²) in [6, 6.07) is 8.58. The molecule has 4 nitrogen and oxygen atoms in total. The molecule has 1 fully saturated rings. The molecule has 2 heterocycles. The van der Waals surface area contributed by atoms with Gasteiger partial charge in [-0.25, -0.2) is 9.67 Å². The van der Waals surface area contributed by atoms with Crippen molar-refractivity contribution in [3.8, 4) is 0 Å². The van der Waals surface area contributed by atoms with E-state index in [1.807, 2.05) is 6.92 Å². The average molecular weight is 271 g/mol. The van der Waals surface area contributed by atoms with Gasteiger partial charge < -0.3 is 4.74 Å². The first-order valence-corrected chi connectivity index (χ1v) is 7.27. The second-order valence-electron chi connectivity index (χ2n) is 5.55. The third-order valence-corrected chi connectivity index (χ3v) is 3.81. The molecule has 0 bridgehead atoms. The van der Waals surface area contributed by atoms with E-state index < -0.39 is 0 Å². The van der Waals surface area contributed by atoms with E-state index in [2.05, 4.69) is 46.0 Å². The van der Waals surface area contributed by atoms with Crippen molar-refractivity contribution in [2.45, 2.75) is 39.2 Å². The predicted molar refractivity (Wildman–Crippen MR) is 77.8 cm³/mol. The van der Waals surface area contributed by atoms with Crippen LogP contribution < -0.4 is 0 Å². The van der Waals surface area contributed by atoms with Gasteiger partial charge in [-0.2, -0.15) is 5.10 Å². The number of benzene rings is 1. The average Bonchev–Trinajstić information content (AvgIpc) is 2.80. The molecule has 0 unspecified atom stereocenters. The summed E-state index contributed by atoms with van der Waals surface area (Å²) in [4.78, 5) is 4.65. The van der Waals surface area contributed by atoms with E-state index in [9.17, 15) is 0 Å². The van der Waals surface area contributed by atoms with Crippen LogP contribution in [0.2, 0.25) is 0 Å². The van der Waals surface area contributed by atoms with E-state index >= 15 is 0 Å². The summed E-state index contributed by atoms with van der Waals surface area (Å²) < 4.78 is 7.51. The molecule has 1 aliphatic heterocycles. The first kappa shape index (κ1) is 13.3. The minimum atomic E-state index is 0.481. The van der Waals surface area contributed by atoms with E-state index in [4.69, 9.17) is 4.74 Å². The zero-order chi connectivity index (χ0) is 13.9. The van der Waals surface area contributed by atoms with Crippen molar-refractivity contribution in [1.29, 1.82) is 0 Å². The Bertz CT molecular complexity index is 585. The Kier molecular flexibility index (Phi) is 3.83. The molecule has 0 atom stereocenters. The normalized spacial score (nSPS) is 16.5. The fourth-order valence-electron chi connectivity index (χ4n) is 2.83. The fourth-order valence-corrected chi connectivity index (χ4v) is 2.83. The fraction of sp³-hybridized carbons (Fsp3) is 0.500. The van der Waals surface area contributed by atoms with Gasteiger partial charge in [-0.15, -0.1) is 0 Å². The maximum atomic E-state index is 5.44. The maximum absolute atomic E-state index is 5.44. The Morgan fingerprint density at radius 3 is 2.80 bits per heavy atom. The lowest BCUT2D eigenvalue weighted by Crippen LogP contribution is -2.19. The van der Waals surface area contributed by atoms with Gasteiger partial charge in [0, 0.05) is 19.1 Å². The monoisotopic (exact) mass is 271 g/mol. The van der Waals surface area contributed by atoms with Crippen LogP contribution in [0.1, 0.15) is 41.5 Å². The molecule has 4 heteroatoms. The molecular weight excluding hydrogens is 250 g/mol. The quantitative estimate of drug-likeness (QED) is 0.861. The summed E-state index contributed by atoms with van der Waals surface area (Å²) in [5.74, 6) is 2.46. The topological polar surface area (TPSA) is 39.9 Å². The van der Waals surface area contributed by atoms with Gasteiger partial charge in [-0.3, -0.25) is 0 Å². The number of hydrogen-bond acceptors (Lipinski definition) is 3. The standard InChI is InChI=1S/C16H21N3O/c1-12-4-3-5-14(10-12)11-19-16(17-13(2)18-19)15-6-8-20-9-7-15/h3-5,10,15H,6-9,11H2,1-2H3. The van der Waals surface area contributed by atoms with Crippen molar-refractivity contribution in [3.63, 3.8) is 0 Å². The van der Waals surface area contributed by atoms with E-state index in [0.717, 1.165) is 44.2 Å². The lowest BCUT2D eigenvalue weighted by molar-refractivity contribution is 0.0827. The first-order valence-electron chi connectivity index (χ1n) is 7.27. The van der Waals surface area contributed by atoms with Gasteiger partial charge in [-0.1, -0.05) is 29.8 Å². The molecule has 1 saturated heterocycles. The second kappa shape index (κ2) is 5.75. The van der Waals surface area contributed by atoms with Crippen LogP contribution in [0, 0.1) is 13.8 Å². The molecule has 2 aromatic rings. The van der Waals surface area contributed by atoms with Gasteiger partial charge in [0.1, 0.15) is 11.6 Å². The van der Waals surface area contributed by atoms with Crippen molar-refractivity contribution >= 4 is 0 Å². The van der Waals surface area contributed by atoms with Crippen LogP contribution in [0.5, 0.6) is 0 Å². The Labute approximate surface area is 119 Å². The molecule has 1 aromatic heterocycles. The lowest BCUT2D eigenvalue weighted by atomic mass is 9.99. The lowest BCUT2D eigenvalue weighted by Gasteiger charge is -2.21. The molecule has 0 N–H and O–H groups in total. The molecule has 0 radical (unpaired) electrons. The molecule has 106 valence electrons. The number of ether oxygens (including phenoxy) is 1. The highest BCUT2D eigenvalue weighted by molar-refractivity contribution is 5.22. The van der Waals surface area contributed by atoms with Crippen LogP contribution in [0.25, 0.3) is 0 Å². The number of hydrogen-bond donors (Lipinski definition) is 0. The molecule has 0 amide bonds. The highest BCUT2D eigenvalue weighted by atomic mass is 16.5. The van der Waals surface area contributed by atoms with Gasteiger partial charge in [0.25, 0.3) is 0 Å². The van der Waals surface area contributed by atoms with Crippen LogP contribution in [0.15, 0.2) is 24.3 Å². The van der Waals surface area contributed by atoms with E-state index in [1.54, 1.807) is 0 Å². The van der Waals surface area contributed by atoms with Crippen LogP contribution in [-0.4, -0.2) is 28.0 Å². The summed E-state index contributed by atoms with van der Waals surface area (Å²) in [6.07, 6.45) is 2.10. The third kappa shape index (κ3) is 2.90. The SMILES string of the molecule is Cc1cccc(Cn2nc(C)nc2C2CCOCC2)c1. The molecular formula is C16H21N3O. The largest absolute Gasteiger partial charge is 0.381 e. The molecule has 3 rings (SSSR count). The number of aromatic nitrogens is 3. The Morgan fingerprint density at radius 2 is 2.05 bits per heavy atom. The Hall–Kier alpha value is -1.68. The van der Waals surface area contributed by atoms with Crippen molar-refractivity contribution in [1.82, 2.24) is 14.8 Å². The molecule has 20 heavy (non-hydrogen) atoms. The van der Waals surface area contributed by atoms with E-state index in [0.29, 0.717) is 5.92 Å². The van der Waals surface area contributed by atoms with Crippen molar-refractivity contribution in [2.75, 3.05) is 13.2 Å². The van der Waals surface area contributed by atoms with Gasteiger partial charge in [-0.05, 0) is 32.3 Å². The zero-order valence-electron chi connectivity index (χ0n) is 12.2. The van der Waals surface area contributed by atoms with Gasteiger partial charge >= 0.3 is 0 Å². The molecule has 0 saturated carbocycles. The molecule has 1 aromatic carbocycles. The Morgan fingerprint density at radius 1 is 1.25 bits per heavy atom. The summed E-state index contributed by atoms with van der Waals surface area (Å²) in [5.41, 5.74) is 2.56. The van der Waals surface area contributed by atoms with Gasteiger partial charge in [0.15, 0.2) is 0 Å². The first-order chi connectivity index (χ1) is 9.72. The second-order valence-corrected chi connectivity index (χ2v) is 5.55. The number of nitrogens with zero attached hydrogens (tertiary/aromatic N) is 3. The molecule has 0 spiro atoms. The smallest absolute Gasteiger partial charge is 0.147 e. The van der Waals surface area contributed by atoms with Crippen molar-refractivity contribution in [2.24, 2.45) is 0 Å². The molecule has 1 aliphatic rings. The maximum Gasteiger partial charge on any atom is 0.147 e. The summed E-state index contributed by atoms with van der Waals surface area (Å²) in [5, 5.41) is 4.58. The van der Waals surface area contributed by atoms with E-state index in [-0.39, 0.29) is 0 Å². The van der Waals surface area contributed by atoms with Crippen molar-refractivity contribution < 1.29 is 4.74 Å². The van der Waals surface area contributed by atoms with Gasteiger partial charge in [0.05, 0.1) is 6.54 Å². The number of rotatable bonds is 3. The third-order valence-electron chi connectivity index (χ3n) is 3.81. The van der Waals surface area contributed by atoms with Crippen LogP contribution >= 0.6 is 0 Å². The molecule has 0 aliphatic carbocycles. The highest BCUT2D eigenvalue weighted by Gasteiger charge is 2.22. The highest BCUT2D eigenvalue weighted by Crippen LogP contribution is 2.26. The van der Waals surface area contributed by atoms with Crippen molar-refractivity contribution in [3.05, 3.63) is 47.0 Å². The van der Waals surface area contributed by atoms with Gasteiger partial charge in [0.2, 0.25) is 0 Å². The minimum absolute atomic E-state index is 0.481. The summed E-state index contributed by atoms with van der Waals surface area (Å²) in [7, 11) is 0. The van der Waals surface area contributed by atoms with Crippen LogP contribution in [0.3, 0.4) is 0 Å². The van der Waals surface area contributed by atoms with Crippen LogP contribution in [0.4, 0.5) is 0 Å². The minimum Gasteiger partial charge on any atom is -0.381 e. The summed E-state index contributed by atoms with van der Waals surface area (Å²) in [6.45, 7) is 6.56. The number of aryl methyl sites for hydroxylation is 2. The summed E-state index contributed by atoms with van der Waals surface area (Å²) >= 11 is 0. The van der Waals surface area contributed by atoms with Crippen LogP contribution in [-0.2, 0) is 11.3 Å².